The molecule has 4 heteroatoms. The number of phenolic OH excluding ortho intramolecular Hbond substituents is 1. The minimum Gasteiger partial charge on any atom is -0.508 e. The molecule has 2 aromatic rings. The molecule has 1 aromatic heterocycles. The maximum atomic E-state index is 9.48. The molecular formula is C13H10N2O2. The van der Waals surface area contributed by atoms with Crippen LogP contribution in [0.25, 0.3) is 11.1 Å². The van der Waals surface area contributed by atoms with Crippen molar-refractivity contribution < 1.29 is 9.84 Å². The number of nitriles is 1. The second-order valence-corrected chi connectivity index (χ2v) is 3.46. The van der Waals surface area contributed by atoms with E-state index in [1.54, 1.807) is 37.6 Å². The van der Waals surface area contributed by atoms with Crippen molar-refractivity contribution in [2.24, 2.45) is 0 Å². The summed E-state index contributed by atoms with van der Waals surface area (Å²) < 4.78 is 5.21. The van der Waals surface area contributed by atoms with Gasteiger partial charge in [-0.2, -0.15) is 5.26 Å². The summed E-state index contributed by atoms with van der Waals surface area (Å²) in [7, 11) is 1.55. The average Bonchev–Trinajstić information content (AvgIpc) is 2.39. The van der Waals surface area contributed by atoms with Crippen LogP contribution in [0.4, 0.5) is 0 Å². The van der Waals surface area contributed by atoms with Crippen molar-refractivity contribution in [3.05, 3.63) is 42.2 Å². The Kier molecular flexibility index (Phi) is 2.93. The standard InChI is InChI=1S/C13H10N2O2/c1-17-13-3-2-11(16)5-12(13)10-4-9(6-14)7-15-8-10/h2-5,7-8,16H,1H3. The van der Waals surface area contributed by atoms with E-state index in [1.165, 1.54) is 6.20 Å². The van der Waals surface area contributed by atoms with E-state index in [0.29, 0.717) is 16.9 Å². The number of methoxy groups -OCH3 is 1. The third kappa shape index (κ3) is 2.18. The number of hydrogen-bond acceptors (Lipinski definition) is 4. The lowest BCUT2D eigenvalue weighted by atomic mass is 10.0. The first-order valence-electron chi connectivity index (χ1n) is 4.97. The molecule has 84 valence electrons. The van der Waals surface area contributed by atoms with Gasteiger partial charge in [-0.25, -0.2) is 0 Å². The number of aromatic nitrogens is 1. The molecule has 1 N–H and O–H groups in total. The highest BCUT2D eigenvalue weighted by molar-refractivity contribution is 5.72. The molecule has 0 aliphatic rings. The molecule has 0 amide bonds. The lowest BCUT2D eigenvalue weighted by molar-refractivity contribution is 0.414. The summed E-state index contributed by atoms with van der Waals surface area (Å²) in [6.45, 7) is 0. The summed E-state index contributed by atoms with van der Waals surface area (Å²) in [6, 6.07) is 8.52. The minimum absolute atomic E-state index is 0.142. The van der Waals surface area contributed by atoms with Crippen molar-refractivity contribution in [3.8, 4) is 28.7 Å². The highest BCUT2D eigenvalue weighted by Gasteiger charge is 2.08. The third-order valence-corrected chi connectivity index (χ3v) is 2.36. The lowest BCUT2D eigenvalue weighted by Gasteiger charge is -2.08. The Balaban J connectivity index is 2.59. The molecule has 0 atom stereocenters. The minimum atomic E-state index is 0.142. The molecule has 0 radical (unpaired) electrons. The molecule has 17 heavy (non-hydrogen) atoms. The highest BCUT2D eigenvalue weighted by Crippen LogP contribution is 2.32. The quantitative estimate of drug-likeness (QED) is 0.853. The zero-order valence-corrected chi connectivity index (χ0v) is 9.21. The van der Waals surface area contributed by atoms with Crippen molar-refractivity contribution in [2.75, 3.05) is 7.11 Å². The predicted molar refractivity (Wildman–Crippen MR) is 62.6 cm³/mol. The topological polar surface area (TPSA) is 66.1 Å². The fourth-order valence-electron chi connectivity index (χ4n) is 1.57. The fraction of sp³-hybridized carbons (Fsp3) is 0.0769. The zero-order chi connectivity index (χ0) is 12.3. The van der Waals surface area contributed by atoms with Crippen LogP contribution in [0.3, 0.4) is 0 Å². The Morgan fingerprint density at radius 1 is 1.29 bits per heavy atom. The van der Waals surface area contributed by atoms with Gasteiger partial charge in [-0.3, -0.25) is 4.98 Å². The van der Waals surface area contributed by atoms with Gasteiger partial charge in [-0.15, -0.1) is 0 Å². The van der Waals surface area contributed by atoms with Crippen LogP contribution >= 0.6 is 0 Å². The van der Waals surface area contributed by atoms with Crippen molar-refractivity contribution in [1.29, 1.82) is 5.26 Å². The maximum Gasteiger partial charge on any atom is 0.127 e. The number of aromatic hydroxyl groups is 1. The van der Waals surface area contributed by atoms with Crippen LogP contribution in [0.1, 0.15) is 5.56 Å². The molecule has 0 saturated heterocycles. The smallest absolute Gasteiger partial charge is 0.127 e. The van der Waals surface area contributed by atoms with E-state index in [-0.39, 0.29) is 5.75 Å². The van der Waals surface area contributed by atoms with Crippen LogP contribution in [-0.2, 0) is 0 Å². The van der Waals surface area contributed by atoms with E-state index < -0.39 is 0 Å². The molecule has 0 spiro atoms. The first-order valence-corrected chi connectivity index (χ1v) is 4.97. The Bertz CT molecular complexity index is 588. The van der Waals surface area contributed by atoms with Crippen molar-refractivity contribution >= 4 is 0 Å². The zero-order valence-electron chi connectivity index (χ0n) is 9.21. The number of benzene rings is 1. The normalized spacial score (nSPS) is 9.65. The SMILES string of the molecule is COc1ccc(O)cc1-c1cncc(C#N)c1. The monoisotopic (exact) mass is 226 g/mol. The Morgan fingerprint density at radius 2 is 2.12 bits per heavy atom. The van der Waals surface area contributed by atoms with E-state index in [0.717, 1.165) is 5.56 Å². The molecule has 0 fully saturated rings. The first-order chi connectivity index (χ1) is 8.24. The van der Waals surface area contributed by atoms with Gasteiger partial charge in [0.1, 0.15) is 17.6 Å². The molecular weight excluding hydrogens is 216 g/mol. The Labute approximate surface area is 98.7 Å². The lowest BCUT2D eigenvalue weighted by Crippen LogP contribution is -1.89. The number of phenols is 1. The van der Waals surface area contributed by atoms with E-state index in [1.807, 2.05) is 6.07 Å². The highest BCUT2D eigenvalue weighted by atomic mass is 16.5. The van der Waals surface area contributed by atoms with Gasteiger partial charge in [0, 0.05) is 23.5 Å². The Morgan fingerprint density at radius 3 is 2.82 bits per heavy atom. The number of ether oxygens (including phenoxy) is 1. The van der Waals surface area contributed by atoms with Gasteiger partial charge in [-0.1, -0.05) is 0 Å². The second kappa shape index (κ2) is 4.54. The molecule has 0 unspecified atom stereocenters. The van der Waals surface area contributed by atoms with Gasteiger partial charge in [0.25, 0.3) is 0 Å². The number of rotatable bonds is 2. The fourth-order valence-corrected chi connectivity index (χ4v) is 1.57. The second-order valence-electron chi connectivity index (χ2n) is 3.46. The molecule has 0 aliphatic heterocycles. The average molecular weight is 226 g/mol. The summed E-state index contributed by atoms with van der Waals surface area (Å²) in [6.07, 6.45) is 3.11. The summed E-state index contributed by atoms with van der Waals surface area (Å²) in [5.74, 6) is 0.767. The molecule has 4 nitrogen and oxygen atoms in total. The maximum absolute atomic E-state index is 9.48. The number of hydrogen-bond donors (Lipinski definition) is 1. The molecule has 0 aliphatic carbocycles. The van der Waals surface area contributed by atoms with Gasteiger partial charge in [-0.05, 0) is 24.3 Å². The van der Waals surface area contributed by atoms with E-state index in [4.69, 9.17) is 10.00 Å². The van der Waals surface area contributed by atoms with Gasteiger partial charge in [0.2, 0.25) is 0 Å². The van der Waals surface area contributed by atoms with Crippen molar-refractivity contribution in [2.45, 2.75) is 0 Å². The third-order valence-electron chi connectivity index (χ3n) is 2.36. The van der Waals surface area contributed by atoms with Crippen LogP contribution < -0.4 is 4.74 Å². The summed E-state index contributed by atoms with van der Waals surface area (Å²) in [5, 5.41) is 18.3. The predicted octanol–water partition coefficient (Wildman–Crippen LogP) is 2.33. The van der Waals surface area contributed by atoms with Gasteiger partial charge >= 0.3 is 0 Å². The van der Waals surface area contributed by atoms with Crippen molar-refractivity contribution in [3.63, 3.8) is 0 Å². The van der Waals surface area contributed by atoms with E-state index in [9.17, 15) is 5.11 Å². The van der Waals surface area contributed by atoms with Crippen LogP contribution in [0, 0.1) is 11.3 Å². The number of pyridine rings is 1. The van der Waals surface area contributed by atoms with Crippen LogP contribution in [0.5, 0.6) is 11.5 Å². The van der Waals surface area contributed by atoms with Crippen LogP contribution in [0.15, 0.2) is 36.7 Å². The first kappa shape index (κ1) is 11.0. The molecule has 0 saturated carbocycles. The van der Waals surface area contributed by atoms with Crippen LogP contribution in [0.2, 0.25) is 0 Å². The number of nitrogens with zero attached hydrogens (tertiary/aromatic N) is 2. The van der Waals surface area contributed by atoms with Gasteiger partial charge in [0.15, 0.2) is 0 Å². The molecule has 2 rings (SSSR count). The largest absolute Gasteiger partial charge is 0.508 e. The summed E-state index contributed by atoms with van der Waals surface area (Å²) >= 11 is 0. The molecule has 0 bridgehead atoms. The Hall–Kier alpha value is -2.54. The summed E-state index contributed by atoms with van der Waals surface area (Å²) in [5.41, 5.74) is 1.90. The summed E-state index contributed by atoms with van der Waals surface area (Å²) in [4.78, 5) is 3.98. The van der Waals surface area contributed by atoms with Crippen LogP contribution in [-0.4, -0.2) is 17.2 Å². The molecule has 1 heterocycles. The van der Waals surface area contributed by atoms with E-state index >= 15 is 0 Å². The molecule has 1 aromatic carbocycles. The van der Waals surface area contributed by atoms with Gasteiger partial charge in [0.05, 0.1) is 12.7 Å². The van der Waals surface area contributed by atoms with E-state index in [2.05, 4.69) is 4.98 Å². The van der Waals surface area contributed by atoms with Gasteiger partial charge < -0.3 is 9.84 Å². The van der Waals surface area contributed by atoms with Crippen molar-refractivity contribution in [1.82, 2.24) is 4.98 Å².